The lowest BCUT2D eigenvalue weighted by Gasteiger charge is -2.09. The Balaban J connectivity index is 1.85. The number of carbonyl (C=O) groups is 2. The number of hydrogen-bond acceptors (Lipinski definition) is 5. The number of hydrogen-bond donors (Lipinski definition) is 0. The van der Waals surface area contributed by atoms with Gasteiger partial charge in [0.25, 0.3) is 0 Å². The predicted octanol–water partition coefficient (Wildman–Crippen LogP) is 4.12. The van der Waals surface area contributed by atoms with Crippen LogP contribution in [0.3, 0.4) is 0 Å². The Kier molecular flexibility index (Phi) is 6.67. The Morgan fingerprint density at radius 1 is 1.00 bits per heavy atom. The molecule has 0 saturated heterocycles. The summed E-state index contributed by atoms with van der Waals surface area (Å²) in [4.78, 5) is 23.8. The van der Waals surface area contributed by atoms with Crippen LogP contribution in [-0.4, -0.2) is 32.1 Å². The molecule has 5 nitrogen and oxygen atoms in total. The van der Waals surface area contributed by atoms with Crippen LogP contribution in [0, 0.1) is 6.92 Å². The smallest absolute Gasteiger partial charge is 0.344 e. The number of halogens is 2. The monoisotopic (exact) mass is 382 g/mol. The zero-order valence-electron chi connectivity index (χ0n) is 13.7. The molecule has 2 aromatic carbocycles. The lowest BCUT2D eigenvalue weighted by Crippen LogP contribution is -2.19. The Labute approximate surface area is 155 Å². The molecule has 0 atom stereocenters. The van der Waals surface area contributed by atoms with E-state index in [0.29, 0.717) is 27.1 Å². The van der Waals surface area contributed by atoms with Gasteiger partial charge in [-0.1, -0.05) is 23.2 Å². The van der Waals surface area contributed by atoms with E-state index in [-0.39, 0.29) is 12.4 Å². The molecule has 0 bridgehead atoms. The first-order valence-electron chi connectivity index (χ1n) is 7.32. The van der Waals surface area contributed by atoms with Gasteiger partial charge in [0.05, 0.1) is 12.1 Å². The molecule has 25 heavy (non-hydrogen) atoms. The second-order valence-electron chi connectivity index (χ2n) is 5.13. The van der Waals surface area contributed by atoms with Crippen LogP contribution >= 0.6 is 23.2 Å². The summed E-state index contributed by atoms with van der Waals surface area (Å²) in [6, 6.07) is 9.63. The Morgan fingerprint density at radius 2 is 1.72 bits per heavy atom. The zero-order chi connectivity index (χ0) is 18.4. The molecule has 0 aliphatic rings. The van der Waals surface area contributed by atoms with Gasteiger partial charge in [0.15, 0.2) is 19.0 Å². The van der Waals surface area contributed by atoms with Gasteiger partial charge >= 0.3 is 5.97 Å². The van der Waals surface area contributed by atoms with Crippen LogP contribution in [0.4, 0.5) is 0 Å². The standard InChI is InChI=1S/C18H16Cl2O5/c1-11-7-13(19)4-6-16(11)24-10-18(22)25-9-15(21)12-3-5-17(23-2)14(20)8-12/h3-8H,9-10H2,1-2H3. The highest BCUT2D eigenvalue weighted by Crippen LogP contribution is 2.25. The van der Waals surface area contributed by atoms with Gasteiger partial charge in [0.1, 0.15) is 11.5 Å². The van der Waals surface area contributed by atoms with E-state index in [2.05, 4.69) is 0 Å². The van der Waals surface area contributed by atoms with Crippen molar-refractivity contribution in [2.24, 2.45) is 0 Å². The van der Waals surface area contributed by atoms with E-state index < -0.39 is 12.6 Å². The van der Waals surface area contributed by atoms with Gasteiger partial charge in [-0.3, -0.25) is 4.79 Å². The first-order chi connectivity index (χ1) is 11.9. The average Bonchev–Trinajstić information content (AvgIpc) is 2.58. The zero-order valence-corrected chi connectivity index (χ0v) is 15.2. The molecule has 0 aliphatic heterocycles. The normalized spacial score (nSPS) is 10.2. The van der Waals surface area contributed by atoms with Gasteiger partial charge < -0.3 is 14.2 Å². The summed E-state index contributed by atoms with van der Waals surface area (Å²) < 4.78 is 15.3. The lowest BCUT2D eigenvalue weighted by molar-refractivity contribution is -0.144. The Morgan fingerprint density at radius 3 is 2.36 bits per heavy atom. The maximum atomic E-state index is 12.0. The van der Waals surface area contributed by atoms with Crippen molar-refractivity contribution in [2.75, 3.05) is 20.3 Å². The van der Waals surface area contributed by atoms with Crippen molar-refractivity contribution in [1.82, 2.24) is 0 Å². The minimum absolute atomic E-state index is 0.306. The summed E-state index contributed by atoms with van der Waals surface area (Å²) in [5.74, 6) is -0.0422. The number of aryl methyl sites for hydroxylation is 1. The first-order valence-corrected chi connectivity index (χ1v) is 8.07. The van der Waals surface area contributed by atoms with Crippen LogP contribution in [0.25, 0.3) is 0 Å². The molecular formula is C18H16Cl2O5. The fraction of sp³-hybridized carbons (Fsp3) is 0.222. The molecule has 132 valence electrons. The summed E-state index contributed by atoms with van der Waals surface area (Å²) in [6.07, 6.45) is 0. The molecule has 2 aromatic rings. The summed E-state index contributed by atoms with van der Waals surface area (Å²) in [7, 11) is 1.48. The second-order valence-corrected chi connectivity index (χ2v) is 5.98. The fourth-order valence-corrected chi connectivity index (χ4v) is 2.51. The molecule has 0 fully saturated rings. The van der Waals surface area contributed by atoms with E-state index in [9.17, 15) is 9.59 Å². The van der Waals surface area contributed by atoms with Crippen LogP contribution in [0.1, 0.15) is 15.9 Å². The molecule has 0 N–H and O–H groups in total. The van der Waals surface area contributed by atoms with Crippen LogP contribution in [0.15, 0.2) is 36.4 Å². The third-order valence-corrected chi connectivity index (χ3v) is 3.85. The molecule has 0 radical (unpaired) electrons. The summed E-state index contributed by atoms with van der Waals surface area (Å²) >= 11 is 11.8. The maximum absolute atomic E-state index is 12.0. The van der Waals surface area contributed by atoms with Crippen molar-refractivity contribution in [1.29, 1.82) is 0 Å². The summed E-state index contributed by atoms with van der Waals surface area (Å²) in [5.41, 5.74) is 1.12. The molecule has 0 saturated carbocycles. The summed E-state index contributed by atoms with van der Waals surface area (Å²) in [6.45, 7) is 1.10. The number of benzene rings is 2. The van der Waals surface area contributed by atoms with Crippen molar-refractivity contribution in [2.45, 2.75) is 6.92 Å². The van der Waals surface area contributed by atoms with Crippen molar-refractivity contribution in [3.8, 4) is 11.5 Å². The Bertz CT molecular complexity index is 789. The number of methoxy groups -OCH3 is 1. The highest BCUT2D eigenvalue weighted by Gasteiger charge is 2.13. The highest BCUT2D eigenvalue weighted by atomic mass is 35.5. The van der Waals surface area contributed by atoms with E-state index in [0.717, 1.165) is 5.56 Å². The van der Waals surface area contributed by atoms with Gasteiger partial charge in [-0.25, -0.2) is 4.79 Å². The molecule has 0 amide bonds. The first kappa shape index (κ1) is 19.1. The maximum Gasteiger partial charge on any atom is 0.344 e. The second kappa shape index (κ2) is 8.74. The molecule has 2 rings (SSSR count). The van der Waals surface area contributed by atoms with Crippen molar-refractivity contribution < 1.29 is 23.8 Å². The molecule has 0 aliphatic carbocycles. The molecule has 0 spiro atoms. The number of Topliss-reactive ketones (excluding diaryl/α,β-unsaturated/α-hetero) is 1. The fourth-order valence-electron chi connectivity index (χ4n) is 2.02. The highest BCUT2D eigenvalue weighted by molar-refractivity contribution is 6.32. The van der Waals surface area contributed by atoms with Crippen molar-refractivity contribution >= 4 is 35.0 Å². The van der Waals surface area contributed by atoms with Gasteiger partial charge in [-0.05, 0) is 48.9 Å². The number of esters is 1. The van der Waals surface area contributed by atoms with Crippen LogP contribution < -0.4 is 9.47 Å². The van der Waals surface area contributed by atoms with Gasteiger partial charge in [-0.2, -0.15) is 0 Å². The predicted molar refractivity (Wildman–Crippen MR) is 95.0 cm³/mol. The molecule has 0 heterocycles. The quantitative estimate of drug-likeness (QED) is 0.532. The average molecular weight is 383 g/mol. The minimum atomic E-state index is -0.651. The topological polar surface area (TPSA) is 61.8 Å². The van der Waals surface area contributed by atoms with Gasteiger partial charge in [0.2, 0.25) is 0 Å². The molecular weight excluding hydrogens is 367 g/mol. The van der Waals surface area contributed by atoms with E-state index in [1.807, 2.05) is 6.92 Å². The van der Waals surface area contributed by atoms with Gasteiger partial charge in [0, 0.05) is 10.6 Å². The lowest BCUT2D eigenvalue weighted by atomic mass is 10.1. The molecule has 0 unspecified atom stereocenters. The van der Waals surface area contributed by atoms with E-state index in [1.165, 1.54) is 13.2 Å². The van der Waals surface area contributed by atoms with Crippen molar-refractivity contribution in [3.63, 3.8) is 0 Å². The minimum Gasteiger partial charge on any atom is -0.495 e. The summed E-state index contributed by atoms with van der Waals surface area (Å²) in [5, 5.41) is 0.886. The van der Waals surface area contributed by atoms with E-state index in [4.69, 9.17) is 37.4 Å². The van der Waals surface area contributed by atoms with Crippen molar-refractivity contribution in [3.05, 3.63) is 57.6 Å². The molecule has 7 heteroatoms. The number of rotatable bonds is 7. The number of ether oxygens (including phenoxy) is 3. The number of ketones is 1. The van der Waals surface area contributed by atoms with E-state index in [1.54, 1.807) is 30.3 Å². The van der Waals surface area contributed by atoms with Crippen LogP contribution in [0.2, 0.25) is 10.0 Å². The largest absolute Gasteiger partial charge is 0.495 e. The Hall–Kier alpha value is -2.24. The van der Waals surface area contributed by atoms with Gasteiger partial charge in [-0.15, -0.1) is 0 Å². The van der Waals surface area contributed by atoms with Crippen LogP contribution in [0.5, 0.6) is 11.5 Å². The molecule has 0 aromatic heterocycles. The third-order valence-electron chi connectivity index (χ3n) is 3.32. The SMILES string of the molecule is COc1ccc(C(=O)COC(=O)COc2ccc(Cl)cc2C)cc1Cl. The van der Waals surface area contributed by atoms with E-state index >= 15 is 0 Å². The third kappa shape index (κ3) is 5.37. The number of carbonyl (C=O) groups excluding carboxylic acids is 2. The van der Waals surface area contributed by atoms with Crippen LogP contribution in [-0.2, 0) is 9.53 Å².